The summed E-state index contributed by atoms with van der Waals surface area (Å²) in [7, 11) is 0. The van der Waals surface area contributed by atoms with Crippen LogP contribution in [0.1, 0.15) is 57.1 Å². The summed E-state index contributed by atoms with van der Waals surface area (Å²) in [6.45, 7) is 4.28. The fourth-order valence-electron chi connectivity index (χ4n) is 5.45. The summed E-state index contributed by atoms with van der Waals surface area (Å²) >= 11 is 0. The third-order valence-electron chi connectivity index (χ3n) is 8.06. The van der Waals surface area contributed by atoms with Gasteiger partial charge in [-0.3, -0.25) is 9.59 Å². The second-order valence-corrected chi connectivity index (χ2v) is 11.0. The lowest BCUT2D eigenvalue weighted by Gasteiger charge is -2.31. The van der Waals surface area contributed by atoms with Crippen LogP contribution in [0.2, 0.25) is 0 Å². The van der Waals surface area contributed by atoms with E-state index in [0.29, 0.717) is 41.9 Å². The molecule has 0 bridgehead atoms. The first-order valence-corrected chi connectivity index (χ1v) is 14.9. The number of aliphatic hydroxyl groups excluding tert-OH is 2. The van der Waals surface area contributed by atoms with Gasteiger partial charge in [0.1, 0.15) is 0 Å². The minimum Gasteiger partial charge on any atom is -0.396 e. The molecule has 10 heteroatoms. The molecule has 3 aromatic rings. The zero-order chi connectivity index (χ0) is 30.2. The fourth-order valence-corrected chi connectivity index (χ4v) is 5.45. The molecule has 1 atom stereocenters. The summed E-state index contributed by atoms with van der Waals surface area (Å²) in [6.07, 6.45) is 1.62. The van der Waals surface area contributed by atoms with Crippen LogP contribution >= 0.6 is 0 Å². The van der Waals surface area contributed by atoms with Gasteiger partial charge in [-0.2, -0.15) is 0 Å². The Morgan fingerprint density at radius 3 is 2.00 bits per heavy atom. The van der Waals surface area contributed by atoms with Gasteiger partial charge in [-0.1, -0.05) is 24.3 Å². The van der Waals surface area contributed by atoms with E-state index in [2.05, 4.69) is 20.9 Å². The summed E-state index contributed by atoms with van der Waals surface area (Å²) in [4.78, 5) is 42.6. The van der Waals surface area contributed by atoms with E-state index in [4.69, 9.17) is 0 Å². The van der Waals surface area contributed by atoms with E-state index in [-0.39, 0.29) is 36.5 Å². The molecule has 5 rings (SSSR count). The van der Waals surface area contributed by atoms with E-state index in [9.17, 15) is 24.6 Å². The monoisotopic (exact) mass is 585 g/mol. The topological polar surface area (TPSA) is 134 Å². The average Bonchev–Trinajstić information content (AvgIpc) is 3.05. The number of piperazine rings is 1. The summed E-state index contributed by atoms with van der Waals surface area (Å²) in [5.41, 5.74) is 3.95. The maximum atomic E-state index is 13.1. The van der Waals surface area contributed by atoms with Crippen LogP contribution < -0.4 is 20.9 Å². The number of anilines is 2. The Morgan fingerprint density at radius 1 is 0.814 bits per heavy atom. The first kappa shape index (κ1) is 30.2. The Labute approximate surface area is 251 Å². The highest BCUT2D eigenvalue weighted by atomic mass is 16.3. The predicted molar refractivity (Wildman–Crippen MR) is 166 cm³/mol. The lowest BCUT2D eigenvalue weighted by Crippen LogP contribution is -2.50. The van der Waals surface area contributed by atoms with Crippen LogP contribution in [0.4, 0.5) is 16.2 Å². The van der Waals surface area contributed by atoms with Crippen molar-refractivity contribution in [2.24, 2.45) is 0 Å². The number of carbonyl (C=O) groups is 3. The number of nitrogens with zero attached hydrogens (tertiary/aromatic N) is 2. The predicted octanol–water partition coefficient (Wildman–Crippen LogP) is 3.17. The van der Waals surface area contributed by atoms with Crippen molar-refractivity contribution in [3.05, 3.63) is 95.1 Å². The molecule has 0 aromatic heterocycles. The molecule has 2 aliphatic heterocycles. The van der Waals surface area contributed by atoms with Crippen molar-refractivity contribution < 1.29 is 24.6 Å². The first-order valence-electron chi connectivity index (χ1n) is 14.9. The molecule has 3 aromatic carbocycles. The minimum absolute atomic E-state index is 0.0776. The van der Waals surface area contributed by atoms with Crippen molar-refractivity contribution in [2.45, 2.75) is 31.4 Å². The van der Waals surface area contributed by atoms with Crippen LogP contribution in [-0.4, -0.2) is 84.8 Å². The third-order valence-corrected chi connectivity index (χ3v) is 8.06. The molecule has 3 amide bonds. The number of aliphatic hydroxyl groups is 2. The maximum absolute atomic E-state index is 13.1. The molecule has 2 heterocycles. The highest BCUT2D eigenvalue weighted by Gasteiger charge is 2.21. The largest absolute Gasteiger partial charge is 0.396 e. The van der Waals surface area contributed by atoms with Gasteiger partial charge in [0.25, 0.3) is 5.91 Å². The first-order chi connectivity index (χ1) is 20.9. The minimum atomic E-state index is -0.366. The van der Waals surface area contributed by atoms with Crippen molar-refractivity contribution in [1.82, 2.24) is 15.5 Å². The van der Waals surface area contributed by atoms with E-state index in [1.165, 1.54) is 0 Å². The average molecular weight is 586 g/mol. The molecule has 2 aliphatic rings. The molecule has 1 unspecified atom stereocenters. The van der Waals surface area contributed by atoms with Crippen molar-refractivity contribution in [1.29, 1.82) is 0 Å². The Bertz CT molecular complexity index is 1380. The number of benzene rings is 3. The smallest absolute Gasteiger partial charge is 0.317 e. The normalized spacial score (nSPS) is 16.4. The number of amides is 3. The molecule has 226 valence electrons. The van der Waals surface area contributed by atoms with Crippen LogP contribution in [0.5, 0.6) is 0 Å². The Morgan fingerprint density at radius 2 is 1.40 bits per heavy atom. The van der Waals surface area contributed by atoms with Gasteiger partial charge in [0.05, 0.1) is 12.1 Å². The molecule has 5 N–H and O–H groups in total. The zero-order valence-corrected chi connectivity index (χ0v) is 24.2. The van der Waals surface area contributed by atoms with E-state index in [0.717, 1.165) is 50.3 Å². The van der Waals surface area contributed by atoms with Crippen LogP contribution in [0.25, 0.3) is 0 Å². The highest BCUT2D eigenvalue weighted by Crippen LogP contribution is 2.22. The number of nitrogens with one attached hydrogen (secondary N) is 3. The van der Waals surface area contributed by atoms with E-state index in [1.54, 1.807) is 65.6 Å². The van der Waals surface area contributed by atoms with Gasteiger partial charge in [-0.05, 0) is 73.4 Å². The Kier molecular flexibility index (Phi) is 10.0. The van der Waals surface area contributed by atoms with Crippen molar-refractivity contribution >= 4 is 29.1 Å². The summed E-state index contributed by atoms with van der Waals surface area (Å²) in [5.74, 6) is -0.398. The molecular formula is C33H39N5O5. The van der Waals surface area contributed by atoms with Gasteiger partial charge < -0.3 is 36.0 Å². The number of hydrogen-bond acceptors (Lipinski definition) is 7. The standard InChI is InChI=1S/C33H39N5O5/c39-22-15-30(36-33(43)38-20-16-34-17-21-38)23-1-3-24(4-2-23)31(41)25-5-9-27(10-6-25)35-32(42)26-7-11-28(12-8-26)37-18-13-29(40)14-19-37/h1-12,29-30,34,39-40H,13-22H2,(H,35,42)(H,36,43). The Balaban J connectivity index is 1.17. The third kappa shape index (κ3) is 7.78. The van der Waals surface area contributed by atoms with Gasteiger partial charge in [0.2, 0.25) is 0 Å². The Hall–Kier alpha value is -4.25. The SMILES string of the molecule is O=C(Nc1ccc(C(=O)c2ccc(C(CCO)NC(=O)N3CCNCC3)cc2)cc1)c1ccc(N2CCC(O)CC2)cc1. The highest BCUT2D eigenvalue weighted by molar-refractivity contribution is 6.09. The summed E-state index contributed by atoms with van der Waals surface area (Å²) in [6, 6.07) is 20.7. The molecule has 0 radical (unpaired) electrons. The second-order valence-electron chi connectivity index (χ2n) is 11.0. The van der Waals surface area contributed by atoms with Crippen LogP contribution in [0.15, 0.2) is 72.8 Å². The van der Waals surface area contributed by atoms with Crippen molar-refractivity contribution in [3.63, 3.8) is 0 Å². The van der Waals surface area contributed by atoms with Gasteiger partial charge in [-0.25, -0.2) is 4.79 Å². The molecule has 43 heavy (non-hydrogen) atoms. The maximum Gasteiger partial charge on any atom is 0.317 e. The summed E-state index contributed by atoms with van der Waals surface area (Å²) in [5, 5.41) is 28.4. The number of ketones is 1. The number of urea groups is 1. The number of hydrogen-bond donors (Lipinski definition) is 5. The molecule has 0 aliphatic carbocycles. The molecule has 2 fully saturated rings. The molecule has 2 saturated heterocycles. The van der Waals surface area contributed by atoms with Gasteiger partial charge in [0.15, 0.2) is 5.78 Å². The number of piperidine rings is 1. The van der Waals surface area contributed by atoms with Gasteiger partial charge >= 0.3 is 6.03 Å². The quantitative estimate of drug-likeness (QED) is 0.244. The fraction of sp³-hybridized carbons (Fsp3) is 0.364. The van der Waals surface area contributed by atoms with Crippen molar-refractivity contribution in [2.75, 3.05) is 56.1 Å². The lowest BCUT2D eigenvalue weighted by molar-refractivity contribution is 0.102. The van der Waals surface area contributed by atoms with Crippen LogP contribution in [0, 0.1) is 0 Å². The molecule has 0 spiro atoms. The second kappa shape index (κ2) is 14.3. The van der Waals surface area contributed by atoms with Gasteiger partial charge in [-0.15, -0.1) is 0 Å². The van der Waals surface area contributed by atoms with Crippen LogP contribution in [0.3, 0.4) is 0 Å². The lowest BCUT2D eigenvalue weighted by atomic mass is 9.98. The van der Waals surface area contributed by atoms with E-state index >= 15 is 0 Å². The van der Waals surface area contributed by atoms with Gasteiger partial charge in [0, 0.05) is 73.9 Å². The number of carbonyl (C=O) groups excluding carboxylic acids is 3. The molecular weight excluding hydrogens is 546 g/mol. The summed E-state index contributed by atoms with van der Waals surface area (Å²) < 4.78 is 0. The number of rotatable bonds is 9. The molecule has 0 saturated carbocycles. The van der Waals surface area contributed by atoms with E-state index < -0.39 is 0 Å². The molecule has 10 nitrogen and oxygen atoms in total. The van der Waals surface area contributed by atoms with Crippen molar-refractivity contribution in [3.8, 4) is 0 Å². The van der Waals surface area contributed by atoms with E-state index in [1.807, 2.05) is 12.1 Å². The zero-order valence-electron chi connectivity index (χ0n) is 24.2. The van der Waals surface area contributed by atoms with Crippen LogP contribution in [-0.2, 0) is 0 Å².